The average Bonchev–Trinajstić information content (AvgIpc) is 3.09. The molecule has 1 heterocycles. The lowest BCUT2D eigenvalue weighted by molar-refractivity contribution is -0.139. The highest BCUT2D eigenvalue weighted by atomic mass is 32.1. The van der Waals surface area contributed by atoms with Crippen molar-refractivity contribution < 1.29 is 9.90 Å². The van der Waals surface area contributed by atoms with Crippen molar-refractivity contribution in [3.63, 3.8) is 0 Å². The summed E-state index contributed by atoms with van der Waals surface area (Å²) in [6.07, 6.45) is 6.64. The number of nitrogens with one attached hydrogen (secondary N) is 1. The van der Waals surface area contributed by atoms with Crippen molar-refractivity contribution in [3.05, 3.63) is 16.1 Å². The van der Waals surface area contributed by atoms with Crippen LogP contribution in [0.3, 0.4) is 0 Å². The lowest BCUT2D eigenvalue weighted by atomic mass is 9.85. The summed E-state index contributed by atoms with van der Waals surface area (Å²) >= 11 is 1.79. The molecule has 2 aliphatic carbocycles. The molecule has 0 spiro atoms. The highest BCUT2D eigenvalue weighted by molar-refractivity contribution is 7.11. The number of rotatable bonds is 8. The van der Waals surface area contributed by atoms with E-state index in [0.29, 0.717) is 12.1 Å². The quantitative estimate of drug-likeness (QED) is 0.754. The van der Waals surface area contributed by atoms with Gasteiger partial charge < -0.3 is 10.4 Å². The molecule has 2 fully saturated rings. The van der Waals surface area contributed by atoms with Gasteiger partial charge in [0.15, 0.2) is 0 Å². The Bertz CT molecular complexity index is 571. The van der Waals surface area contributed by atoms with E-state index in [1.54, 1.807) is 11.3 Å². The number of aromatic nitrogens is 1. The van der Waals surface area contributed by atoms with Crippen LogP contribution in [0.2, 0.25) is 0 Å². The molecule has 0 aliphatic heterocycles. The Kier molecular flexibility index (Phi) is 5.27. The molecule has 0 atom stereocenters. The Labute approximate surface area is 148 Å². The van der Waals surface area contributed by atoms with Crippen molar-refractivity contribution >= 4 is 17.3 Å². The van der Waals surface area contributed by atoms with Crippen LogP contribution >= 0.6 is 11.3 Å². The van der Waals surface area contributed by atoms with E-state index in [-0.39, 0.29) is 12.0 Å². The van der Waals surface area contributed by atoms with E-state index in [4.69, 9.17) is 5.11 Å². The van der Waals surface area contributed by atoms with Gasteiger partial charge in [-0.15, -0.1) is 11.3 Å². The van der Waals surface area contributed by atoms with Gasteiger partial charge in [0.1, 0.15) is 0 Å². The second kappa shape index (κ2) is 7.10. The molecular weight excluding hydrogens is 322 g/mol. The van der Waals surface area contributed by atoms with Crippen molar-refractivity contribution in [1.82, 2.24) is 15.2 Å². The monoisotopic (exact) mass is 351 g/mol. The van der Waals surface area contributed by atoms with Crippen LogP contribution in [0.15, 0.2) is 6.20 Å². The van der Waals surface area contributed by atoms with E-state index in [0.717, 1.165) is 31.8 Å². The first-order valence-electron chi connectivity index (χ1n) is 8.95. The van der Waals surface area contributed by atoms with E-state index in [1.807, 2.05) is 6.20 Å². The summed E-state index contributed by atoms with van der Waals surface area (Å²) in [7, 11) is 0. The van der Waals surface area contributed by atoms with Crippen LogP contribution in [0.4, 0.5) is 0 Å². The normalized spacial score (nSPS) is 24.2. The fourth-order valence-electron chi connectivity index (χ4n) is 3.18. The molecule has 134 valence electrons. The smallest absolute Gasteiger partial charge is 0.317 e. The lowest BCUT2D eigenvalue weighted by Crippen LogP contribution is -2.54. The number of carboxylic acid groups (broad SMARTS) is 1. The molecule has 6 heteroatoms. The predicted octanol–water partition coefficient (Wildman–Crippen LogP) is 2.86. The summed E-state index contributed by atoms with van der Waals surface area (Å²) in [6, 6.07) is 0.941. The van der Waals surface area contributed by atoms with Crippen LogP contribution in [0.25, 0.3) is 0 Å². The zero-order valence-corrected chi connectivity index (χ0v) is 15.7. The average molecular weight is 352 g/mol. The summed E-state index contributed by atoms with van der Waals surface area (Å²) in [5.74, 6) is 0.0378. The van der Waals surface area contributed by atoms with Gasteiger partial charge >= 0.3 is 5.97 Å². The first kappa shape index (κ1) is 17.8. The van der Waals surface area contributed by atoms with Crippen LogP contribution in [-0.4, -0.2) is 46.1 Å². The standard InChI is InChI=1S/C18H29N3O2S/c1-18(2,3)17-20-9-15(24-17)8-19-13-6-14(7-13)21(11-16(22)23)10-12-4-5-12/h9,12-14,19H,4-8,10-11H2,1-3H3,(H,22,23). The number of hydrogen-bond donors (Lipinski definition) is 2. The largest absolute Gasteiger partial charge is 0.480 e. The maximum absolute atomic E-state index is 11.1. The molecule has 2 N–H and O–H groups in total. The first-order valence-corrected chi connectivity index (χ1v) is 9.77. The maximum atomic E-state index is 11.1. The third-order valence-electron chi connectivity index (χ3n) is 4.92. The Morgan fingerprint density at radius 3 is 2.67 bits per heavy atom. The molecule has 2 aliphatic rings. The van der Waals surface area contributed by atoms with Gasteiger partial charge in [0, 0.05) is 41.7 Å². The van der Waals surface area contributed by atoms with Gasteiger partial charge in [-0.25, -0.2) is 4.98 Å². The van der Waals surface area contributed by atoms with Gasteiger partial charge in [-0.3, -0.25) is 9.69 Å². The zero-order chi connectivity index (χ0) is 17.3. The Hall–Kier alpha value is -0.980. The molecular formula is C18H29N3O2S. The third kappa shape index (κ3) is 4.77. The van der Waals surface area contributed by atoms with Crippen LogP contribution in [-0.2, 0) is 16.8 Å². The zero-order valence-electron chi connectivity index (χ0n) is 14.9. The van der Waals surface area contributed by atoms with Gasteiger partial charge in [-0.1, -0.05) is 20.8 Å². The minimum Gasteiger partial charge on any atom is -0.480 e. The second-order valence-corrected chi connectivity index (χ2v) is 9.47. The highest BCUT2D eigenvalue weighted by Crippen LogP contribution is 2.34. The number of carbonyl (C=O) groups is 1. The molecule has 5 nitrogen and oxygen atoms in total. The fourth-order valence-corrected chi connectivity index (χ4v) is 4.10. The number of nitrogens with zero attached hydrogens (tertiary/aromatic N) is 2. The number of thiazole rings is 1. The number of carboxylic acids is 1. The molecule has 1 aromatic heterocycles. The van der Waals surface area contributed by atoms with Crippen LogP contribution in [0.5, 0.6) is 0 Å². The van der Waals surface area contributed by atoms with E-state index in [1.165, 1.54) is 22.7 Å². The molecule has 0 bridgehead atoms. The maximum Gasteiger partial charge on any atom is 0.317 e. The van der Waals surface area contributed by atoms with Gasteiger partial charge in [0.2, 0.25) is 0 Å². The number of aliphatic carboxylic acids is 1. The molecule has 0 saturated heterocycles. The summed E-state index contributed by atoms with van der Waals surface area (Å²) in [5.41, 5.74) is 0.116. The predicted molar refractivity (Wildman–Crippen MR) is 96.4 cm³/mol. The van der Waals surface area contributed by atoms with E-state index in [2.05, 4.69) is 36.0 Å². The van der Waals surface area contributed by atoms with Crippen LogP contribution < -0.4 is 5.32 Å². The fraction of sp³-hybridized carbons (Fsp3) is 0.778. The van der Waals surface area contributed by atoms with Gasteiger partial charge in [-0.05, 0) is 31.6 Å². The Balaban J connectivity index is 1.42. The third-order valence-corrected chi connectivity index (χ3v) is 6.34. The van der Waals surface area contributed by atoms with Crippen molar-refractivity contribution in [1.29, 1.82) is 0 Å². The molecule has 0 aromatic carbocycles. The van der Waals surface area contributed by atoms with Crippen molar-refractivity contribution in [2.45, 2.75) is 70.5 Å². The van der Waals surface area contributed by atoms with Crippen LogP contribution in [0, 0.1) is 5.92 Å². The minimum absolute atomic E-state index is 0.116. The summed E-state index contributed by atoms with van der Waals surface area (Å²) in [5, 5.41) is 13.9. The minimum atomic E-state index is -0.702. The summed E-state index contributed by atoms with van der Waals surface area (Å²) < 4.78 is 0. The Morgan fingerprint density at radius 2 is 2.12 bits per heavy atom. The Morgan fingerprint density at radius 1 is 1.42 bits per heavy atom. The highest BCUT2D eigenvalue weighted by Gasteiger charge is 2.36. The lowest BCUT2D eigenvalue weighted by Gasteiger charge is -2.43. The van der Waals surface area contributed by atoms with E-state index < -0.39 is 5.97 Å². The number of hydrogen-bond acceptors (Lipinski definition) is 5. The first-order chi connectivity index (χ1) is 11.3. The molecule has 2 saturated carbocycles. The molecule has 0 unspecified atom stereocenters. The van der Waals surface area contributed by atoms with Gasteiger partial charge in [0.05, 0.1) is 11.6 Å². The van der Waals surface area contributed by atoms with Crippen molar-refractivity contribution in [2.75, 3.05) is 13.1 Å². The van der Waals surface area contributed by atoms with E-state index >= 15 is 0 Å². The van der Waals surface area contributed by atoms with E-state index in [9.17, 15) is 4.79 Å². The molecule has 24 heavy (non-hydrogen) atoms. The summed E-state index contributed by atoms with van der Waals surface area (Å²) in [6.45, 7) is 8.60. The topological polar surface area (TPSA) is 65.5 Å². The van der Waals surface area contributed by atoms with Crippen molar-refractivity contribution in [3.8, 4) is 0 Å². The molecule has 1 aromatic rings. The van der Waals surface area contributed by atoms with Gasteiger partial charge in [-0.2, -0.15) is 0 Å². The summed E-state index contributed by atoms with van der Waals surface area (Å²) in [4.78, 5) is 19.1. The second-order valence-electron chi connectivity index (χ2n) is 8.35. The van der Waals surface area contributed by atoms with Crippen LogP contribution in [0.1, 0.15) is 56.3 Å². The SMILES string of the molecule is CC(C)(C)c1ncc(CNC2CC(N(CC(=O)O)CC3CC3)C2)s1. The van der Waals surface area contributed by atoms with Crippen molar-refractivity contribution in [2.24, 2.45) is 5.92 Å². The molecule has 3 rings (SSSR count). The van der Waals surface area contributed by atoms with Gasteiger partial charge in [0.25, 0.3) is 0 Å². The molecule has 0 amide bonds. The molecule has 0 radical (unpaired) electrons.